The normalized spacial score (nSPS) is 6.75. The van der Waals surface area contributed by atoms with Crippen LogP contribution in [0.4, 0.5) is 0 Å². The highest BCUT2D eigenvalue weighted by Gasteiger charge is 1.81. The molecule has 0 saturated carbocycles. The summed E-state index contributed by atoms with van der Waals surface area (Å²) in [7, 11) is 0. The molecule has 0 heterocycles. The van der Waals surface area contributed by atoms with Crippen LogP contribution in [-0.4, -0.2) is 14.1 Å². The minimum Gasteiger partial charge on any atom is -0.106 e. The van der Waals surface area contributed by atoms with Gasteiger partial charge in [-0.05, 0) is 0 Å². The molecule has 0 rings (SSSR count). The zero-order chi connectivity index (χ0) is 3.58. The van der Waals surface area contributed by atoms with Crippen LogP contribution >= 0.6 is 0 Å². The third-order valence-corrected chi connectivity index (χ3v) is 0. The summed E-state index contributed by atoms with van der Waals surface area (Å²) in [4.78, 5) is 0. The molecule has 0 aliphatic heterocycles. The van der Waals surface area contributed by atoms with Crippen LogP contribution in [0.25, 0.3) is 0 Å². The van der Waals surface area contributed by atoms with Crippen molar-refractivity contribution in [2.45, 2.75) is 17.4 Å². The van der Waals surface area contributed by atoms with E-state index >= 15 is 0 Å². The lowest BCUT2D eigenvalue weighted by Crippen LogP contribution is -1.84. The summed E-state index contributed by atoms with van der Waals surface area (Å²) in [5.74, 6) is 6.92. The first kappa shape index (κ1) is 4.53. The van der Waals surface area contributed by atoms with Gasteiger partial charge < -0.3 is 0 Å². The quantitative estimate of drug-likeness (QED) is 0.361. The maximum Gasteiger partial charge on any atom is 0.251 e. The Labute approximate surface area is 32.2 Å². The highest BCUT2D eigenvalue weighted by Crippen LogP contribution is 1.68. The molecule has 0 aliphatic carbocycles. The van der Waals surface area contributed by atoms with Gasteiger partial charge in [0.1, 0.15) is 0 Å². The van der Waals surface area contributed by atoms with Crippen LogP contribution in [0.15, 0.2) is 0 Å². The van der Waals surface area contributed by atoms with Gasteiger partial charge in [-0.25, -0.2) is 0 Å². The first-order chi connectivity index (χ1) is 1.73. The molecule has 1 heteroatoms. The van der Waals surface area contributed by atoms with Crippen molar-refractivity contribution in [1.82, 2.24) is 0 Å². The fourth-order valence-corrected chi connectivity index (χ4v) is 0. The van der Waals surface area contributed by atoms with Crippen molar-refractivity contribution >= 4 is 14.1 Å². The monoisotopic (exact) mass is 46.1 g/mol. The molecule has 4 heavy (non-hydrogen) atoms. The summed E-state index contributed by atoms with van der Waals surface area (Å²) in [6, 6.07) is 0. The van der Waals surface area contributed by atoms with Gasteiger partial charge in [0.15, 0.2) is 0 Å². The molecule has 0 bridgehead atoms. The summed E-state index contributed by atoms with van der Waals surface area (Å²) in [6.45, 7) is 0. The first-order valence-electron chi connectivity index (χ1n) is 1.73. The molecule has 0 N–H and O–H groups in total. The van der Waals surface area contributed by atoms with Gasteiger partial charge in [-0.3, -0.25) is 0 Å². The van der Waals surface area contributed by atoms with E-state index in [2.05, 4.69) is 17.4 Å². The molecule has 0 aromatic carbocycles. The van der Waals surface area contributed by atoms with Crippen LogP contribution in [0, 0.1) is 0 Å². The maximum absolute atomic E-state index is 2.31. The van der Waals surface area contributed by atoms with Crippen LogP contribution in [-0.2, 0) is 0 Å². The molecule has 0 amide bonds. The molecule has 0 aromatic rings. The van der Waals surface area contributed by atoms with Crippen molar-refractivity contribution in [1.29, 1.82) is 0 Å². The molecule has 0 fully saturated rings. The first-order valence-corrected chi connectivity index (χ1v) is 5.20. The Bertz CT molecular complexity index is 8.00. The zero-order valence-electron chi connectivity index (χ0n) is 3.58. The van der Waals surface area contributed by atoms with E-state index in [1.54, 1.807) is 0 Å². The SMILES string of the molecule is [CH3][1Al]([CH3])[CH3]. The van der Waals surface area contributed by atoms with E-state index in [1.807, 2.05) is 0 Å². The molecular weight excluding hydrogens is 37.0 g/mol. The molecular formula is C3H9Al. The van der Waals surface area contributed by atoms with E-state index in [0.29, 0.717) is 0 Å². The highest BCUT2D eigenvalue weighted by atomic mass is 12.3. The zero-order valence-corrected chi connectivity index (χ0v) is 4.73. The molecule has 24 valence electrons. The Kier molecular flexibility index (Phi) is 2.06. The Morgan fingerprint density at radius 2 is 1.00 bits per heavy atom. The second-order valence-electron chi connectivity index (χ2n) is 1.73. The van der Waals surface area contributed by atoms with Crippen molar-refractivity contribution in [3.63, 3.8) is 0 Å². The molecule has 0 atom stereocenters. The van der Waals surface area contributed by atoms with Gasteiger partial charge in [0.25, 0.3) is 14.1 Å². The van der Waals surface area contributed by atoms with Crippen LogP contribution in [0.1, 0.15) is 0 Å². The lowest BCUT2D eigenvalue weighted by molar-refractivity contribution is 1.91. The third-order valence-electron chi connectivity index (χ3n) is 0. The fourth-order valence-electron chi connectivity index (χ4n) is 0. The summed E-state index contributed by atoms with van der Waals surface area (Å²) >= 11 is -0.139. The molecule has 0 aromatic heterocycles. The van der Waals surface area contributed by atoms with E-state index < -0.39 is 0 Å². The Morgan fingerprint density at radius 3 is 1.00 bits per heavy atom. The van der Waals surface area contributed by atoms with Crippen molar-refractivity contribution in [2.24, 2.45) is 0 Å². The average molecular weight is 46.1 g/mol. The lowest BCUT2D eigenvalue weighted by Gasteiger charge is -1.67. The third kappa shape index (κ3) is 21.0. The van der Waals surface area contributed by atoms with Gasteiger partial charge in [0, 0.05) is 0 Å². The van der Waals surface area contributed by atoms with E-state index in [-0.39, 0.29) is 14.1 Å². The predicted octanol–water partition coefficient (Wildman–Crippen LogP) is 1.37. The van der Waals surface area contributed by atoms with Crippen LogP contribution in [0.2, 0.25) is 17.4 Å². The fraction of sp³-hybridized carbons (Fsp3) is 1.00. The minimum absolute atomic E-state index is 0.139. The molecule has 0 unspecified atom stereocenters. The van der Waals surface area contributed by atoms with Crippen LogP contribution in [0.5, 0.6) is 0 Å². The molecule has 0 radical (unpaired) electrons. The smallest absolute Gasteiger partial charge is 0.106 e. The molecule has 0 aliphatic rings. The Balaban J connectivity index is 2.32. The van der Waals surface area contributed by atoms with E-state index in [9.17, 15) is 0 Å². The molecule has 0 saturated heterocycles. The Hall–Kier alpha value is 0.532. The number of hydrogen-bond donors (Lipinski definition) is 0. The van der Waals surface area contributed by atoms with Crippen LogP contribution in [0.3, 0.4) is 0 Å². The summed E-state index contributed by atoms with van der Waals surface area (Å²) in [6.07, 6.45) is 0. The van der Waals surface area contributed by atoms with Crippen molar-refractivity contribution in [3.8, 4) is 0 Å². The summed E-state index contributed by atoms with van der Waals surface area (Å²) in [5.41, 5.74) is 0. The van der Waals surface area contributed by atoms with Gasteiger partial charge in [-0.2, -0.15) is 0 Å². The standard InChI is InChI=1S/3CH3.Al/h3*1H3;/i;;;1-26. The van der Waals surface area contributed by atoms with Gasteiger partial charge in [-0.15, -0.1) is 17.4 Å². The largest absolute Gasteiger partial charge is 0.251 e. The highest BCUT2D eigenvalue weighted by molar-refractivity contribution is 6.54. The lowest BCUT2D eigenvalue weighted by atomic mass is 0.734. The van der Waals surface area contributed by atoms with Gasteiger partial charge in [-0.1, -0.05) is 0 Å². The maximum atomic E-state index is 2.31. The van der Waals surface area contributed by atoms with E-state index in [1.165, 1.54) is 0 Å². The van der Waals surface area contributed by atoms with E-state index in [0.717, 1.165) is 0 Å². The Morgan fingerprint density at radius 1 is 1.00 bits per heavy atom. The van der Waals surface area contributed by atoms with Gasteiger partial charge >= 0.3 is 0 Å². The van der Waals surface area contributed by atoms with Crippen molar-refractivity contribution in [2.75, 3.05) is 0 Å². The second-order valence-corrected chi connectivity index (χ2v) is 5.20. The summed E-state index contributed by atoms with van der Waals surface area (Å²) in [5, 5.41) is 0. The van der Waals surface area contributed by atoms with Gasteiger partial charge in [0.05, 0.1) is 0 Å². The van der Waals surface area contributed by atoms with Crippen LogP contribution < -0.4 is 0 Å². The number of hydrogen-bond acceptors (Lipinski definition) is 0. The number of rotatable bonds is 0. The van der Waals surface area contributed by atoms with Gasteiger partial charge in [0.2, 0.25) is 0 Å². The minimum atomic E-state index is -0.139. The van der Waals surface area contributed by atoms with Crippen molar-refractivity contribution < 1.29 is 0 Å². The summed E-state index contributed by atoms with van der Waals surface area (Å²) < 4.78 is 0. The van der Waals surface area contributed by atoms with Crippen molar-refractivity contribution in [3.05, 3.63) is 0 Å². The molecule has 0 nitrogen and oxygen atoms in total. The average Bonchev–Trinajstić information content (AvgIpc) is 0.811. The second kappa shape index (κ2) is 1.82. The topological polar surface area (TPSA) is 0 Å². The van der Waals surface area contributed by atoms with E-state index in [4.69, 9.17) is 0 Å². The molecule has 0 spiro atoms. The predicted molar refractivity (Wildman–Crippen MR) is 23.3 cm³/mol.